The van der Waals surface area contributed by atoms with Gasteiger partial charge < -0.3 is 10.5 Å². The SMILES string of the molecule is CCCCCc1ccc(OC(=O)c2ccc(N=Nc3ccc(N)c4ccccc34)c(C)c2)cc1. The van der Waals surface area contributed by atoms with E-state index >= 15 is 0 Å². The third kappa shape index (κ3) is 5.49. The Morgan fingerprint density at radius 3 is 2.29 bits per heavy atom. The molecule has 0 aliphatic carbocycles. The number of azo groups is 1. The van der Waals surface area contributed by atoms with E-state index in [0.29, 0.717) is 22.7 Å². The van der Waals surface area contributed by atoms with Gasteiger partial charge in [-0.3, -0.25) is 0 Å². The summed E-state index contributed by atoms with van der Waals surface area (Å²) in [6.45, 7) is 4.10. The molecule has 0 bridgehead atoms. The van der Waals surface area contributed by atoms with Crippen LogP contribution in [0.25, 0.3) is 10.8 Å². The summed E-state index contributed by atoms with van der Waals surface area (Å²) in [6, 6.07) is 24.6. The van der Waals surface area contributed by atoms with Crippen molar-refractivity contribution in [1.29, 1.82) is 0 Å². The average molecular weight is 452 g/mol. The molecule has 0 atom stereocenters. The predicted octanol–water partition coefficient (Wildman–Crippen LogP) is 8.10. The largest absolute Gasteiger partial charge is 0.423 e. The molecule has 0 unspecified atom stereocenters. The maximum absolute atomic E-state index is 12.6. The Balaban J connectivity index is 1.45. The number of carbonyl (C=O) groups excluding carboxylic acids is 1. The van der Waals surface area contributed by atoms with E-state index in [4.69, 9.17) is 10.5 Å². The lowest BCUT2D eigenvalue weighted by Gasteiger charge is -2.08. The summed E-state index contributed by atoms with van der Waals surface area (Å²) >= 11 is 0. The first-order chi connectivity index (χ1) is 16.5. The van der Waals surface area contributed by atoms with Crippen LogP contribution in [0.5, 0.6) is 5.75 Å². The lowest BCUT2D eigenvalue weighted by molar-refractivity contribution is 0.0734. The topological polar surface area (TPSA) is 77.0 Å². The van der Waals surface area contributed by atoms with E-state index in [1.165, 1.54) is 24.8 Å². The maximum atomic E-state index is 12.6. The summed E-state index contributed by atoms with van der Waals surface area (Å²) in [5, 5.41) is 10.7. The van der Waals surface area contributed by atoms with E-state index in [1.807, 2.05) is 67.6 Å². The molecule has 0 aliphatic rings. The molecule has 0 amide bonds. The van der Waals surface area contributed by atoms with E-state index in [2.05, 4.69) is 17.2 Å². The normalized spacial score (nSPS) is 11.2. The Hall–Kier alpha value is -3.99. The predicted molar refractivity (Wildman–Crippen MR) is 138 cm³/mol. The first-order valence-electron chi connectivity index (χ1n) is 11.7. The number of hydrogen-bond acceptors (Lipinski definition) is 5. The fourth-order valence-electron chi connectivity index (χ4n) is 3.87. The molecule has 0 spiro atoms. The van der Waals surface area contributed by atoms with Crippen LogP contribution in [0, 0.1) is 6.92 Å². The second-order valence-electron chi connectivity index (χ2n) is 8.41. The van der Waals surface area contributed by atoms with Crippen molar-refractivity contribution >= 4 is 33.8 Å². The minimum atomic E-state index is -0.394. The van der Waals surface area contributed by atoms with Crippen molar-refractivity contribution in [1.82, 2.24) is 0 Å². The number of anilines is 1. The first kappa shape index (κ1) is 23.2. The summed E-state index contributed by atoms with van der Waals surface area (Å²) < 4.78 is 5.56. The number of esters is 1. The second kappa shape index (κ2) is 10.8. The number of benzene rings is 4. The Kier molecular flexibility index (Phi) is 7.33. The third-order valence-corrected chi connectivity index (χ3v) is 5.84. The van der Waals surface area contributed by atoms with Gasteiger partial charge in [0.05, 0.1) is 16.9 Å². The highest BCUT2D eigenvalue weighted by atomic mass is 16.5. The number of ether oxygens (including phenoxy) is 1. The zero-order valence-electron chi connectivity index (χ0n) is 19.6. The summed E-state index contributed by atoms with van der Waals surface area (Å²) in [6.07, 6.45) is 4.65. The van der Waals surface area contributed by atoms with Gasteiger partial charge >= 0.3 is 5.97 Å². The zero-order chi connectivity index (χ0) is 23.9. The monoisotopic (exact) mass is 451 g/mol. The fraction of sp³-hybridized carbons (Fsp3) is 0.207. The van der Waals surface area contributed by atoms with Gasteiger partial charge in [0, 0.05) is 16.5 Å². The van der Waals surface area contributed by atoms with Crippen LogP contribution >= 0.6 is 0 Å². The van der Waals surface area contributed by atoms with Crippen molar-refractivity contribution < 1.29 is 9.53 Å². The smallest absolute Gasteiger partial charge is 0.343 e. The van der Waals surface area contributed by atoms with Gasteiger partial charge in [0.15, 0.2) is 0 Å². The Labute approximate surface area is 200 Å². The fourth-order valence-corrected chi connectivity index (χ4v) is 3.87. The molecule has 172 valence electrons. The molecule has 0 aromatic heterocycles. The summed E-state index contributed by atoms with van der Waals surface area (Å²) in [5.74, 6) is 0.149. The van der Waals surface area contributed by atoms with Crippen LogP contribution in [-0.4, -0.2) is 5.97 Å². The molecule has 4 aromatic carbocycles. The summed E-state index contributed by atoms with van der Waals surface area (Å²) in [5.41, 5.74) is 10.8. The number of fused-ring (bicyclic) bond motifs is 1. The molecule has 0 saturated heterocycles. The van der Waals surface area contributed by atoms with Crippen molar-refractivity contribution in [2.45, 2.75) is 39.5 Å². The van der Waals surface area contributed by atoms with Gasteiger partial charge in [0.1, 0.15) is 5.75 Å². The molecule has 0 fully saturated rings. The maximum Gasteiger partial charge on any atom is 0.343 e. The number of aryl methyl sites for hydroxylation is 2. The van der Waals surface area contributed by atoms with Gasteiger partial charge in [-0.2, -0.15) is 5.11 Å². The number of nitrogens with two attached hydrogens (primary N) is 1. The molecule has 0 radical (unpaired) electrons. The van der Waals surface area contributed by atoms with E-state index < -0.39 is 5.97 Å². The van der Waals surface area contributed by atoms with Crippen molar-refractivity contribution in [2.24, 2.45) is 10.2 Å². The third-order valence-electron chi connectivity index (χ3n) is 5.84. The highest BCUT2D eigenvalue weighted by Gasteiger charge is 2.11. The summed E-state index contributed by atoms with van der Waals surface area (Å²) in [7, 11) is 0. The number of hydrogen-bond donors (Lipinski definition) is 1. The van der Waals surface area contributed by atoms with Crippen LogP contribution in [0.3, 0.4) is 0 Å². The van der Waals surface area contributed by atoms with Gasteiger partial charge in [0.25, 0.3) is 0 Å². The number of rotatable bonds is 8. The minimum absolute atomic E-state index is 0.394. The van der Waals surface area contributed by atoms with Crippen LogP contribution in [0.4, 0.5) is 17.1 Å². The van der Waals surface area contributed by atoms with E-state index in [0.717, 1.165) is 28.4 Å². The van der Waals surface area contributed by atoms with E-state index in [9.17, 15) is 4.79 Å². The lowest BCUT2D eigenvalue weighted by atomic mass is 10.1. The number of nitrogens with zero attached hydrogens (tertiary/aromatic N) is 2. The highest BCUT2D eigenvalue weighted by molar-refractivity contribution is 6.00. The molecule has 0 heterocycles. The van der Waals surface area contributed by atoms with Gasteiger partial charge in [-0.15, -0.1) is 5.11 Å². The molecule has 4 rings (SSSR count). The molecule has 0 saturated carbocycles. The van der Waals surface area contributed by atoms with Gasteiger partial charge in [-0.1, -0.05) is 56.2 Å². The Morgan fingerprint density at radius 1 is 0.853 bits per heavy atom. The number of carbonyl (C=O) groups is 1. The molecule has 34 heavy (non-hydrogen) atoms. The molecule has 4 aromatic rings. The van der Waals surface area contributed by atoms with Crippen LogP contribution in [0.15, 0.2) is 89.1 Å². The van der Waals surface area contributed by atoms with Crippen molar-refractivity contribution in [3.05, 3.63) is 95.6 Å². The molecular formula is C29H29N3O2. The first-order valence-corrected chi connectivity index (χ1v) is 11.7. The molecular weight excluding hydrogens is 422 g/mol. The summed E-state index contributed by atoms with van der Waals surface area (Å²) in [4.78, 5) is 12.6. The van der Waals surface area contributed by atoms with Crippen molar-refractivity contribution in [3.63, 3.8) is 0 Å². The van der Waals surface area contributed by atoms with E-state index in [-0.39, 0.29) is 0 Å². The second-order valence-corrected chi connectivity index (χ2v) is 8.41. The zero-order valence-corrected chi connectivity index (χ0v) is 19.6. The van der Waals surface area contributed by atoms with Crippen molar-refractivity contribution in [3.8, 4) is 5.75 Å². The molecule has 5 heteroatoms. The van der Waals surface area contributed by atoms with Crippen LogP contribution in [0.1, 0.15) is 47.7 Å². The van der Waals surface area contributed by atoms with Gasteiger partial charge in [-0.25, -0.2) is 4.79 Å². The van der Waals surface area contributed by atoms with Crippen LogP contribution < -0.4 is 10.5 Å². The minimum Gasteiger partial charge on any atom is -0.423 e. The highest BCUT2D eigenvalue weighted by Crippen LogP contribution is 2.32. The Bertz CT molecular complexity index is 1330. The van der Waals surface area contributed by atoms with Gasteiger partial charge in [-0.05, 0) is 73.4 Å². The van der Waals surface area contributed by atoms with E-state index in [1.54, 1.807) is 18.2 Å². The van der Waals surface area contributed by atoms with Gasteiger partial charge in [0.2, 0.25) is 0 Å². The molecule has 2 N–H and O–H groups in total. The standard InChI is InChI=1S/C29H29N3O2/c1-3-4-5-8-21-11-14-23(15-12-21)34-29(33)22-13-17-27(20(2)19-22)31-32-28-18-16-26(30)24-9-6-7-10-25(24)28/h6-7,9-19H,3-5,8,30H2,1-2H3. The van der Waals surface area contributed by atoms with Crippen molar-refractivity contribution in [2.75, 3.05) is 5.73 Å². The average Bonchev–Trinajstić information content (AvgIpc) is 2.85. The quantitative estimate of drug-likeness (QED) is 0.0966. The Morgan fingerprint density at radius 2 is 1.56 bits per heavy atom. The number of unbranched alkanes of at least 4 members (excludes halogenated alkanes) is 2. The van der Waals surface area contributed by atoms with Crippen LogP contribution in [0.2, 0.25) is 0 Å². The molecule has 5 nitrogen and oxygen atoms in total. The number of nitrogen functional groups attached to an aromatic ring is 1. The lowest BCUT2D eigenvalue weighted by Crippen LogP contribution is -2.08. The van der Waals surface area contributed by atoms with Crippen LogP contribution in [-0.2, 0) is 6.42 Å². The molecule has 0 aliphatic heterocycles.